The molecule has 0 aliphatic carbocycles. The lowest BCUT2D eigenvalue weighted by molar-refractivity contribution is -0.137. The summed E-state index contributed by atoms with van der Waals surface area (Å²) >= 11 is 0. The standard InChI is InChI=1S/C25H37N3O.C15H14O2/c1-26(2)17-11-19-28(20-12-18-27(3)4)25(29)21-24(22-13-7-5-8-14-22)23-15-9-6-10-16-23;16-15(17)11-14(12-7-3-1-4-8-12)13-9-5-2-6-10-13/h5-10,13-16,24H,11-12,17-21H2,1-4H3;1-10,14H,11H2,(H,16,17). The Morgan fingerprint density at radius 2 is 0.804 bits per heavy atom. The highest BCUT2D eigenvalue weighted by Crippen LogP contribution is 2.29. The minimum absolute atomic E-state index is 0.0742. The van der Waals surface area contributed by atoms with E-state index in [2.05, 4.69) is 91.4 Å². The molecule has 0 heterocycles. The topological polar surface area (TPSA) is 64.1 Å². The number of rotatable bonds is 16. The second-order valence-electron chi connectivity index (χ2n) is 12.2. The molecule has 0 bridgehead atoms. The van der Waals surface area contributed by atoms with Crippen molar-refractivity contribution in [2.45, 2.75) is 37.5 Å². The lowest BCUT2D eigenvalue weighted by atomic mass is 9.88. The zero-order valence-corrected chi connectivity index (χ0v) is 28.0. The Bertz CT molecular complexity index is 1300. The van der Waals surface area contributed by atoms with Gasteiger partial charge in [0.15, 0.2) is 0 Å². The summed E-state index contributed by atoms with van der Waals surface area (Å²) in [5.74, 6) is -0.507. The number of benzene rings is 4. The summed E-state index contributed by atoms with van der Waals surface area (Å²) in [6.07, 6.45) is 2.63. The van der Waals surface area contributed by atoms with Crippen molar-refractivity contribution in [3.63, 3.8) is 0 Å². The summed E-state index contributed by atoms with van der Waals surface area (Å²) in [6, 6.07) is 40.3. The van der Waals surface area contributed by atoms with E-state index in [9.17, 15) is 9.59 Å². The summed E-state index contributed by atoms with van der Waals surface area (Å²) in [5, 5.41) is 9.01. The zero-order chi connectivity index (χ0) is 33.1. The van der Waals surface area contributed by atoms with Gasteiger partial charge in [-0.3, -0.25) is 9.59 Å². The molecule has 0 atom stereocenters. The molecule has 244 valence electrons. The summed E-state index contributed by atoms with van der Waals surface area (Å²) in [7, 11) is 8.33. The Hall–Kier alpha value is -4.26. The minimum Gasteiger partial charge on any atom is -0.481 e. The van der Waals surface area contributed by atoms with E-state index in [0.717, 1.165) is 50.1 Å². The smallest absolute Gasteiger partial charge is 0.304 e. The van der Waals surface area contributed by atoms with Crippen LogP contribution in [0.2, 0.25) is 0 Å². The molecule has 1 N–H and O–H groups in total. The van der Waals surface area contributed by atoms with Crippen molar-refractivity contribution < 1.29 is 14.7 Å². The number of amides is 1. The Balaban J connectivity index is 0.000000286. The molecule has 46 heavy (non-hydrogen) atoms. The van der Waals surface area contributed by atoms with Crippen molar-refractivity contribution >= 4 is 11.9 Å². The normalized spacial score (nSPS) is 11.0. The maximum absolute atomic E-state index is 13.4. The number of carbonyl (C=O) groups excluding carboxylic acids is 1. The van der Waals surface area contributed by atoms with Crippen LogP contribution < -0.4 is 0 Å². The highest BCUT2D eigenvalue weighted by Gasteiger charge is 2.22. The summed E-state index contributed by atoms with van der Waals surface area (Å²) in [5.41, 5.74) is 4.49. The molecule has 4 aromatic carbocycles. The largest absolute Gasteiger partial charge is 0.481 e. The molecule has 4 aromatic rings. The molecule has 0 aliphatic heterocycles. The fourth-order valence-electron chi connectivity index (χ4n) is 5.59. The molecule has 0 radical (unpaired) electrons. The molecule has 0 saturated heterocycles. The average molecular weight is 622 g/mol. The van der Waals surface area contributed by atoms with E-state index in [-0.39, 0.29) is 24.2 Å². The van der Waals surface area contributed by atoms with E-state index in [0.29, 0.717) is 6.42 Å². The lowest BCUT2D eigenvalue weighted by Crippen LogP contribution is -2.36. The van der Waals surface area contributed by atoms with Gasteiger partial charge in [-0.1, -0.05) is 121 Å². The lowest BCUT2D eigenvalue weighted by Gasteiger charge is -2.27. The van der Waals surface area contributed by atoms with Crippen LogP contribution in [0.3, 0.4) is 0 Å². The number of carboxylic acids is 1. The molecule has 0 unspecified atom stereocenters. The van der Waals surface area contributed by atoms with Crippen LogP contribution in [0, 0.1) is 0 Å². The fourth-order valence-corrected chi connectivity index (χ4v) is 5.59. The van der Waals surface area contributed by atoms with Gasteiger partial charge in [0.1, 0.15) is 0 Å². The third kappa shape index (κ3) is 13.0. The van der Waals surface area contributed by atoms with Crippen LogP contribution in [0.1, 0.15) is 59.8 Å². The SMILES string of the molecule is CN(C)CCCN(CCCN(C)C)C(=O)CC(c1ccccc1)c1ccccc1.O=C(O)CC(c1ccccc1)c1ccccc1. The van der Waals surface area contributed by atoms with Gasteiger partial charge in [-0.05, 0) is 76.4 Å². The quantitative estimate of drug-likeness (QED) is 0.143. The van der Waals surface area contributed by atoms with Gasteiger partial charge >= 0.3 is 5.97 Å². The maximum Gasteiger partial charge on any atom is 0.304 e. The van der Waals surface area contributed by atoms with Crippen LogP contribution in [0.5, 0.6) is 0 Å². The van der Waals surface area contributed by atoms with Crippen LogP contribution in [0.15, 0.2) is 121 Å². The van der Waals surface area contributed by atoms with Crippen LogP contribution in [-0.2, 0) is 9.59 Å². The predicted octanol–water partition coefficient (Wildman–Crippen LogP) is 7.23. The minimum atomic E-state index is -0.775. The van der Waals surface area contributed by atoms with Gasteiger partial charge < -0.3 is 19.8 Å². The second kappa shape index (κ2) is 20.0. The highest BCUT2D eigenvalue weighted by atomic mass is 16.4. The van der Waals surface area contributed by atoms with E-state index in [1.807, 2.05) is 72.8 Å². The van der Waals surface area contributed by atoms with Gasteiger partial charge in [-0.15, -0.1) is 0 Å². The number of carboxylic acid groups (broad SMARTS) is 1. The number of aliphatic carboxylic acids is 1. The molecule has 6 nitrogen and oxygen atoms in total. The van der Waals surface area contributed by atoms with E-state index >= 15 is 0 Å². The Morgan fingerprint density at radius 3 is 1.09 bits per heavy atom. The summed E-state index contributed by atoms with van der Waals surface area (Å²) < 4.78 is 0. The average Bonchev–Trinajstić information content (AvgIpc) is 3.07. The number of hydrogen-bond donors (Lipinski definition) is 1. The van der Waals surface area contributed by atoms with E-state index in [1.165, 1.54) is 11.1 Å². The van der Waals surface area contributed by atoms with Crippen LogP contribution in [-0.4, -0.2) is 86.1 Å². The number of carbonyl (C=O) groups is 2. The maximum atomic E-state index is 13.4. The van der Waals surface area contributed by atoms with Crippen LogP contribution in [0.4, 0.5) is 0 Å². The van der Waals surface area contributed by atoms with Crippen LogP contribution >= 0.6 is 0 Å². The van der Waals surface area contributed by atoms with Crippen molar-refractivity contribution in [2.24, 2.45) is 0 Å². The third-order valence-corrected chi connectivity index (χ3v) is 7.98. The summed E-state index contributed by atoms with van der Waals surface area (Å²) in [4.78, 5) is 30.7. The molecule has 0 fully saturated rings. The van der Waals surface area contributed by atoms with Gasteiger partial charge in [0, 0.05) is 31.3 Å². The molecule has 0 saturated carbocycles. The van der Waals surface area contributed by atoms with Crippen molar-refractivity contribution in [3.05, 3.63) is 144 Å². The van der Waals surface area contributed by atoms with Gasteiger partial charge in [0.25, 0.3) is 0 Å². The van der Waals surface area contributed by atoms with Crippen molar-refractivity contribution in [1.29, 1.82) is 0 Å². The summed E-state index contributed by atoms with van der Waals surface area (Å²) in [6.45, 7) is 3.64. The molecular weight excluding hydrogens is 570 g/mol. The zero-order valence-electron chi connectivity index (χ0n) is 28.0. The van der Waals surface area contributed by atoms with Crippen molar-refractivity contribution in [3.8, 4) is 0 Å². The molecular formula is C40H51N3O3. The molecule has 0 aliphatic rings. The first-order valence-electron chi connectivity index (χ1n) is 16.2. The third-order valence-electron chi connectivity index (χ3n) is 7.98. The monoisotopic (exact) mass is 621 g/mol. The van der Waals surface area contributed by atoms with E-state index < -0.39 is 5.97 Å². The molecule has 0 aromatic heterocycles. The van der Waals surface area contributed by atoms with Crippen molar-refractivity contribution in [1.82, 2.24) is 14.7 Å². The fraction of sp³-hybridized carbons (Fsp3) is 0.350. The van der Waals surface area contributed by atoms with Gasteiger partial charge in [0.05, 0.1) is 6.42 Å². The van der Waals surface area contributed by atoms with E-state index in [1.54, 1.807) is 0 Å². The molecule has 4 rings (SSSR count). The molecule has 6 heteroatoms. The Labute approximate surface area is 276 Å². The first-order chi connectivity index (χ1) is 22.2. The molecule has 1 amide bonds. The number of hydrogen-bond acceptors (Lipinski definition) is 4. The first kappa shape index (κ1) is 36.2. The van der Waals surface area contributed by atoms with Gasteiger partial charge in [-0.25, -0.2) is 0 Å². The molecule has 0 spiro atoms. The first-order valence-corrected chi connectivity index (χ1v) is 16.2. The predicted molar refractivity (Wildman–Crippen MR) is 189 cm³/mol. The second-order valence-corrected chi connectivity index (χ2v) is 12.2. The van der Waals surface area contributed by atoms with Crippen molar-refractivity contribution in [2.75, 3.05) is 54.4 Å². The number of nitrogens with zero attached hydrogens (tertiary/aromatic N) is 3. The van der Waals surface area contributed by atoms with Crippen LogP contribution in [0.25, 0.3) is 0 Å². The van der Waals surface area contributed by atoms with E-state index in [4.69, 9.17) is 5.11 Å². The highest BCUT2D eigenvalue weighted by molar-refractivity contribution is 5.77. The Morgan fingerprint density at radius 1 is 0.500 bits per heavy atom. The van der Waals surface area contributed by atoms with Gasteiger partial charge in [-0.2, -0.15) is 0 Å². The Kier molecular flexibility index (Phi) is 15.7. The van der Waals surface area contributed by atoms with Gasteiger partial charge in [0.2, 0.25) is 5.91 Å².